The predicted octanol–water partition coefficient (Wildman–Crippen LogP) is 0.105. The fraction of sp³-hybridized carbons (Fsp3) is 0.842. The Morgan fingerprint density at radius 1 is 0.963 bits per heavy atom. The molecule has 0 saturated carbocycles. The lowest BCUT2D eigenvalue weighted by atomic mass is 10.2. The zero-order valence-corrected chi connectivity index (χ0v) is 17.3. The van der Waals surface area contributed by atoms with E-state index in [0.29, 0.717) is 13.0 Å². The number of carbonyl (C=O) groups is 2. The van der Waals surface area contributed by atoms with Crippen LogP contribution in [0.15, 0.2) is 4.99 Å². The van der Waals surface area contributed by atoms with Gasteiger partial charge in [0, 0.05) is 65.3 Å². The number of nitrogens with zero attached hydrogens (tertiary/aromatic N) is 4. The van der Waals surface area contributed by atoms with E-state index in [-0.39, 0.29) is 23.9 Å². The van der Waals surface area contributed by atoms with Crippen molar-refractivity contribution >= 4 is 17.8 Å². The summed E-state index contributed by atoms with van der Waals surface area (Å²) in [6.45, 7) is 11.7. The van der Waals surface area contributed by atoms with Crippen molar-refractivity contribution in [3.8, 4) is 0 Å². The van der Waals surface area contributed by atoms with Crippen molar-refractivity contribution < 1.29 is 9.59 Å². The molecule has 0 aromatic carbocycles. The Labute approximate surface area is 163 Å². The Bertz CT molecular complexity index is 522. The van der Waals surface area contributed by atoms with Gasteiger partial charge in [-0.1, -0.05) is 0 Å². The van der Waals surface area contributed by atoms with Crippen LogP contribution in [-0.4, -0.2) is 97.4 Å². The number of carbonyl (C=O) groups excluding carboxylic acids is 2. The highest BCUT2D eigenvalue weighted by molar-refractivity contribution is 5.82. The molecule has 0 spiro atoms. The number of amides is 2. The first kappa shape index (κ1) is 21.5. The van der Waals surface area contributed by atoms with E-state index in [2.05, 4.69) is 25.4 Å². The Kier molecular flexibility index (Phi) is 8.34. The van der Waals surface area contributed by atoms with Crippen molar-refractivity contribution in [1.82, 2.24) is 25.3 Å². The molecule has 0 aromatic heterocycles. The summed E-state index contributed by atoms with van der Waals surface area (Å²) in [5, 5.41) is 6.17. The van der Waals surface area contributed by atoms with Gasteiger partial charge in [0.05, 0.1) is 6.04 Å². The van der Waals surface area contributed by atoms with Gasteiger partial charge in [-0.15, -0.1) is 0 Å². The molecule has 2 N–H and O–H groups in total. The number of guanidine groups is 1. The zero-order chi connectivity index (χ0) is 19.8. The highest BCUT2D eigenvalue weighted by atomic mass is 16.2. The molecule has 2 aliphatic heterocycles. The standard InChI is InChI=1S/C19H36N6O2/c1-15(2)22-17(26)7-8-21-19(20-4)25-13-11-23(12-14-25)16(3)18(27)24-9-5-6-10-24/h15-16H,5-14H2,1-4H3,(H,20,21)(H,22,26). The minimum Gasteiger partial charge on any atom is -0.356 e. The summed E-state index contributed by atoms with van der Waals surface area (Å²) < 4.78 is 0. The molecule has 2 fully saturated rings. The Morgan fingerprint density at radius 3 is 2.15 bits per heavy atom. The maximum absolute atomic E-state index is 12.6. The molecule has 0 aromatic rings. The van der Waals surface area contributed by atoms with Gasteiger partial charge in [0.1, 0.15) is 0 Å². The third kappa shape index (κ3) is 6.37. The summed E-state index contributed by atoms with van der Waals surface area (Å²) in [6.07, 6.45) is 2.69. The van der Waals surface area contributed by atoms with Crippen LogP contribution in [0.3, 0.4) is 0 Å². The summed E-state index contributed by atoms with van der Waals surface area (Å²) in [6, 6.07) is 0.107. The molecule has 2 amide bonds. The van der Waals surface area contributed by atoms with Crippen LogP contribution in [0.1, 0.15) is 40.0 Å². The van der Waals surface area contributed by atoms with Crippen molar-refractivity contribution in [3.63, 3.8) is 0 Å². The van der Waals surface area contributed by atoms with Crippen molar-refractivity contribution in [2.45, 2.75) is 52.1 Å². The molecule has 1 atom stereocenters. The van der Waals surface area contributed by atoms with Crippen LogP contribution < -0.4 is 10.6 Å². The van der Waals surface area contributed by atoms with E-state index < -0.39 is 0 Å². The second-order valence-corrected chi connectivity index (χ2v) is 7.68. The first-order valence-electron chi connectivity index (χ1n) is 10.2. The Hall–Kier alpha value is -1.83. The van der Waals surface area contributed by atoms with Crippen LogP contribution in [0, 0.1) is 0 Å². The van der Waals surface area contributed by atoms with Gasteiger partial charge in [-0.05, 0) is 33.6 Å². The van der Waals surface area contributed by atoms with Crippen LogP contribution in [0.2, 0.25) is 0 Å². The van der Waals surface area contributed by atoms with Crippen LogP contribution >= 0.6 is 0 Å². The first-order chi connectivity index (χ1) is 12.9. The smallest absolute Gasteiger partial charge is 0.239 e. The molecule has 0 radical (unpaired) electrons. The summed E-state index contributed by atoms with van der Waals surface area (Å²) in [4.78, 5) is 35.1. The van der Waals surface area contributed by atoms with E-state index in [1.54, 1.807) is 7.05 Å². The van der Waals surface area contributed by atoms with Crippen molar-refractivity contribution in [1.29, 1.82) is 0 Å². The SMILES string of the molecule is CN=C(NCCC(=O)NC(C)C)N1CCN(C(C)C(=O)N2CCCC2)CC1. The lowest BCUT2D eigenvalue weighted by Gasteiger charge is -2.39. The molecular weight excluding hydrogens is 344 g/mol. The normalized spacial score (nSPS) is 20.1. The van der Waals surface area contributed by atoms with E-state index in [1.807, 2.05) is 25.7 Å². The highest BCUT2D eigenvalue weighted by Gasteiger charge is 2.30. The molecule has 2 saturated heterocycles. The Morgan fingerprint density at radius 2 is 1.59 bits per heavy atom. The summed E-state index contributed by atoms with van der Waals surface area (Å²) in [5.41, 5.74) is 0. The lowest BCUT2D eigenvalue weighted by Crippen LogP contribution is -2.57. The molecule has 154 valence electrons. The van der Waals surface area contributed by atoms with Crippen molar-refractivity contribution in [2.75, 3.05) is 52.9 Å². The van der Waals surface area contributed by atoms with Gasteiger partial charge in [-0.2, -0.15) is 0 Å². The van der Waals surface area contributed by atoms with Crippen LogP contribution in [0.5, 0.6) is 0 Å². The van der Waals surface area contributed by atoms with Gasteiger partial charge in [0.2, 0.25) is 11.8 Å². The van der Waals surface area contributed by atoms with E-state index in [9.17, 15) is 9.59 Å². The van der Waals surface area contributed by atoms with Gasteiger partial charge in [-0.25, -0.2) is 0 Å². The minimum absolute atomic E-state index is 0.0482. The predicted molar refractivity (Wildman–Crippen MR) is 108 cm³/mol. The maximum Gasteiger partial charge on any atom is 0.239 e. The highest BCUT2D eigenvalue weighted by Crippen LogP contribution is 2.14. The molecule has 8 heteroatoms. The molecular formula is C19H36N6O2. The van der Waals surface area contributed by atoms with E-state index >= 15 is 0 Å². The Balaban J connectivity index is 1.74. The topological polar surface area (TPSA) is 80.3 Å². The summed E-state index contributed by atoms with van der Waals surface area (Å²) >= 11 is 0. The van der Waals surface area contributed by atoms with Crippen molar-refractivity contribution in [2.24, 2.45) is 4.99 Å². The van der Waals surface area contributed by atoms with Gasteiger partial charge < -0.3 is 20.4 Å². The second-order valence-electron chi connectivity index (χ2n) is 7.68. The zero-order valence-electron chi connectivity index (χ0n) is 17.3. The van der Waals surface area contributed by atoms with Crippen LogP contribution in [-0.2, 0) is 9.59 Å². The number of likely N-dealkylation sites (tertiary alicyclic amines) is 1. The third-order valence-corrected chi connectivity index (χ3v) is 5.23. The number of nitrogens with one attached hydrogen (secondary N) is 2. The lowest BCUT2D eigenvalue weighted by molar-refractivity contribution is -0.135. The first-order valence-corrected chi connectivity index (χ1v) is 10.2. The molecule has 27 heavy (non-hydrogen) atoms. The van der Waals surface area contributed by atoms with E-state index in [4.69, 9.17) is 0 Å². The van der Waals surface area contributed by atoms with E-state index in [1.165, 1.54) is 0 Å². The fourth-order valence-corrected chi connectivity index (χ4v) is 3.69. The van der Waals surface area contributed by atoms with Gasteiger partial charge in [-0.3, -0.25) is 19.5 Å². The quantitative estimate of drug-likeness (QED) is 0.505. The molecule has 2 heterocycles. The summed E-state index contributed by atoms with van der Waals surface area (Å²) in [7, 11) is 1.77. The van der Waals surface area contributed by atoms with Crippen molar-refractivity contribution in [3.05, 3.63) is 0 Å². The van der Waals surface area contributed by atoms with Gasteiger partial charge >= 0.3 is 0 Å². The molecule has 0 aliphatic carbocycles. The number of piperazine rings is 1. The summed E-state index contributed by atoms with van der Waals surface area (Å²) in [5.74, 6) is 1.14. The van der Waals surface area contributed by atoms with Gasteiger partial charge in [0.25, 0.3) is 0 Å². The number of aliphatic imine (C=N–C) groups is 1. The van der Waals surface area contributed by atoms with E-state index in [0.717, 1.165) is 58.1 Å². The fourth-order valence-electron chi connectivity index (χ4n) is 3.69. The van der Waals surface area contributed by atoms with Crippen LogP contribution in [0.4, 0.5) is 0 Å². The minimum atomic E-state index is -0.0556. The molecule has 0 bridgehead atoms. The third-order valence-electron chi connectivity index (χ3n) is 5.23. The molecule has 1 unspecified atom stereocenters. The maximum atomic E-state index is 12.6. The number of hydrogen-bond donors (Lipinski definition) is 2. The van der Waals surface area contributed by atoms with Gasteiger partial charge in [0.15, 0.2) is 5.96 Å². The number of hydrogen-bond acceptors (Lipinski definition) is 4. The molecule has 2 aliphatic rings. The molecule has 2 rings (SSSR count). The van der Waals surface area contributed by atoms with Crippen LogP contribution in [0.25, 0.3) is 0 Å². The largest absolute Gasteiger partial charge is 0.356 e. The monoisotopic (exact) mass is 380 g/mol. The molecule has 8 nitrogen and oxygen atoms in total. The average Bonchev–Trinajstić information content (AvgIpc) is 3.18. The number of rotatable bonds is 6. The second kappa shape index (κ2) is 10.5. The average molecular weight is 381 g/mol.